The van der Waals surface area contributed by atoms with Gasteiger partial charge in [-0.3, -0.25) is 0 Å². The van der Waals surface area contributed by atoms with Crippen molar-refractivity contribution in [2.24, 2.45) is 5.92 Å². The first-order valence-electron chi connectivity index (χ1n) is 6.34. The summed E-state index contributed by atoms with van der Waals surface area (Å²) in [6.07, 6.45) is 3.35. The molecule has 2 atom stereocenters. The second-order valence-electron chi connectivity index (χ2n) is 5.01. The van der Waals surface area contributed by atoms with Crippen molar-refractivity contribution in [2.75, 3.05) is 0 Å². The van der Waals surface area contributed by atoms with Crippen LogP contribution in [0.2, 0.25) is 5.02 Å². The molecule has 0 amide bonds. The maximum absolute atomic E-state index is 10.4. The van der Waals surface area contributed by atoms with E-state index in [1.165, 1.54) is 6.33 Å². The molecule has 2 aromatic rings. The maximum atomic E-state index is 10.4. The van der Waals surface area contributed by atoms with Gasteiger partial charge in [-0.05, 0) is 30.0 Å². The molecule has 1 heterocycles. The summed E-state index contributed by atoms with van der Waals surface area (Å²) in [5.74, 6) is 0.154. The summed E-state index contributed by atoms with van der Waals surface area (Å²) >= 11 is 5.88. The van der Waals surface area contributed by atoms with Crippen LogP contribution in [0.4, 0.5) is 0 Å². The number of hydrogen-bond donors (Lipinski definition) is 1. The van der Waals surface area contributed by atoms with E-state index in [2.05, 4.69) is 10.1 Å². The van der Waals surface area contributed by atoms with E-state index in [0.717, 1.165) is 5.56 Å². The molecular weight excluding hydrogens is 262 g/mol. The van der Waals surface area contributed by atoms with Gasteiger partial charge in [0.1, 0.15) is 12.7 Å². The van der Waals surface area contributed by atoms with Crippen LogP contribution in [0.25, 0.3) is 0 Å². The predicted molar refractivity (Wildman–Crippen MR) is 75.1 cm³/mol. The highest BCUT2D eigenvalue weighted by atomic mass is 35.5. The largest absolute Gasteiger partial charge is 0.391 e. The van der Waals surface area contributed by atoms with E-state index in [1.807, 2.05) is 38.1 Å². The lowest BCUT2D eigenvalue weighted by atomic mass is 9.94. The minimum atomic E-state index is -0.475. The minimum Gasteiger partial charge on any atom is -0.391 e. The molecule has 0 saturated carbocycles. The van der Waals surface area contributed by atoms with Crippen molar-refractivity contribution in [3.63, 3.8) is 0 Å². The predicted octanol–water partition coefficient (Wildman–Crippen LogP) is 2.73. The molecule has 0 unspecified atom stereocenters. The third-order valence-corrected chi connectivity index (χ3v) is 3.46. The van der Waals surface area contributed by atoms with E-state index in [0.29, 0.717) is 11.4 Å². The van der Waals surface area contributed by atoms with Crippen LogP contribution in [0, 0.1) is 5.92 Å². The van der Waals surface area contributed by atoms with Gasteiger partial charge in [-0.15, -0.1) is 0 Å². The molecule has 19 heavy (non-hydrogen) atoms. The number of hydrogen-bond acceptors (Lipinski definition) is 3. The highest BCUT2D eigenvalue weighted by Gasteiger charge is 2.24. The van der Waals surface area contributed by atoms with E-state index in [4.69, 9.17) is 11.6 Å². The summed E-state index contributed by atoms with van der Waals surface area (Å²) in [5, 5.41) is 15.2. The smallest absolute Gasteiger partial charge is 0.137 e. The molecule has 1 aromatic carbocycles. The third kappa shape index (κ3) is 3.55. The average Bonchev–Trinajstić information content (AvgIpc) is 2.91. The van der Waals surface area contributed by atoms with Crippen LogP contribution in [0.1, 0.15) is 25.5 Å². The van der Waals surface area contributed by atoms with Crippen LogP contribution in [-0.2, 0) is 6.42 Å². The van der Waals surface area contributed by atoms with Gasteiger partial charge in [0.15, 0.2) is 0 Å². The SMILES string of the molecule is CC(C)[C@H](O)[C@H](Cc1ccc(Cl)cc1)n1cncn1. The number of nitrogens with zero attached hydrogens (tertiary/aromatic N) is 3. The van der Waals surface area contributed by atoms with Gasteiger partial charge in [0.05, 0.1) is 12.1 Å². The molecule has 2 rings (SSSR count). The molecule has 0 fully saturated rings. The van der Waals surface area contributed by atoms with E-state index in [1.54, 1.807) is 11.0 Å². The molecule has 0 spiro atoms. The summed E-state index contributed by atoms with van der Waals surface area (Å²) in [6, 6.07) is 7.54. The number of benzene rings is 1. The van der Waals surface area contributed by atoms with E-state index in [-0.39, 0.29) is 12.0 Å². The second-order valence-corrected chi connectivity index (χ2v) is 5.44. The molecule has 4 nitrogen and oxygen atoms in total. The number of aliphatic hydroxyl groups is 1. The quantitative estimate of drug-likeness (QED) is 0.916. The number of rotatable bonds is 5. The lowest BCUT2D eigenvalue weighted by Gasteiger charge is -2.25. The van der Waals surface area contributed by atoms with Crippen molar-refractivity contribution < 1.29 is 5.11 Å². The summed E-state index contributed by atoms with van der Waals surface area (Å²) in [5.41, 5.74) is 1.12. The highest BCUT2D eigenvalue weighted by molar-refractivity contribution is 6.30. The van der Waals surface area contributed by atoms with Crippen LogP contribution in [-0.4, -0.2) is 26.0 Å². The fourth-order valence-corrected chi connectivity index (χ4v) is 2.19. The Kier molecular flexibility index (Phi) is 4.56. The first-order chi connectivity index (χ1) is 9.08. The van der Waals surface area contributed by atoms with Crippen molar-refractivity contribution in [3.05, 3.63) is 47.5 Å². The Morgan fingerprint density at radius 2 is 1.95 bits per heavy atom. The average molecular weight is 280 g/mol. The van der Waals surface area contributed by atoms with Crippen molar-refractivity contribution in [2.45, 2.75) is 32.4 Å². The fraction of sp³-hybridized carbons (Fsp3) is 0.429. The Morgan fingerprint density at radius 1 is 1.26 bits per heavy atom. The van der Waals surface area contributed by atoms with Crippen LogP contribution in [0.3, 0.4) is 0 Å². The summed E-state index contributed by atoms with van der Waals surface area (Å²) in [7, 11) is 0. The molecule has 0 aliphatic rings. The zero-order valence-electron chi connectivity index (χ0n) is 11.1. The summed E-state index contributed by atoms with van der Waals surface area (Å²) < 4.78 is 1.72. The first-order valence-corrected chi connectivity index (χ1v) is 6.72. The fourth-order valence-electron chi connectivity index (χ4n) is 2.07. The summed E-state index contributed by atoms with van der Waals surface area (Å²) in [6.45, 7) is 3.99. The van der Waals surface area contributed by atoms with Crippen LogP contribution >= 0.6 is 11.6 Å². The Morgan fingerprint density at radius 3 is 2.47 bits per heavy atom. The van der Waals surface area contributed by atoms with E-state index >= 15 is 0 Å². The third-order valence-electron chi connectivity index (χ3n) is 3.21. The standard InChI is InChI=1S/C14H18ClN3O/c1-10(2)14(19)13(18-9-16-8-17-18)7-11-3-5-12(15)6-4-11/h3-6,8-10,13-14,19H,7H2,1-2H3/t13-,14-/m0/s1. The molecule has 0 aliphatic carbocycles. The lowest BCUT2D eigenvalue weighted by molar-refractivity contribution is 0.0637. The zero-order chi connectivity index (χ0) is 13.8. The molecule has 1 N–H and O–H groups in total. The van der Waals surface area contributed by atoms with Crippen LogP contribution in [0.15, 0.2) is 36.9 Å². The van der Waals surface area contributed by atoms with Crippen LogP contribution in [0.5, 0.6) is 0 Å². The monoisotopic (exact) mass is 279 g/mol. The molecule has 0 saturated heterocycles. The van der Waals surface area contributed by atoms with Gasteiger partial charge >= 0.3 is 0 Å². The van der Waals surface area contributed by atoms with Crippen molar-refractivity contribution >= 4 is 11.6 Å². The Balaban J connectivity index is 2.21. The maximum Gasteiger partial charge on any atom is 0.137 e. The van der Waals surface area contributed by atoms with Gasteiger partial charge in [0.2, 0.25) is 0 Å². The van der Waals surface area contributed by atoms with Gasteiger partial charge in [-0.1, -0.05) is 37.6 Å². The van der Waals surface area contributed by atoms with Gasteiger partial charge < -0.3 is 5.11 Å². The topological polar surface area (TPSA) is 50.9 Å². The van der Waals surface area contributed by atoms with Crippen LogP contribution < -0.4 is 0 Å². The van der Waals surface area contributed by atoms with Gasteiger partial charge in [-0.2, -0.15) is 5.10 Å². The first kappa shape index (κ1) is 14.0. The zero-order valence-corrected chi connectivity index (χ0v) is 11.8. The van der Waals surface area contributed by atoms with Crippen molar-refractivity contribution in [3.8, 4) is 0 Å². The Hall–Kier alpha value is -1.39. The number of aromatic nitrogens is 3. The molecule has 5 heteroatoms. The number of halogens is 1. The van der Waals surface area contributed by atoms with Gasteiger partial charge in [0.25, 0.3) is 0 Å². The van der Waals surface area contributed by atoms with Gasteiger partial charge in [0, 0.05) is 5.02 Å². The molecule has 0 bridgehead atoms. The molecule has 0 aliphatic heterocycles. The number of aliphatic hydroxyl groups excluding tert-OH is 1. The Bertz CT molecular complexity index is 496. The van der Waals surface area contributed by atoms with Crippen molar-refractivity contribution in [1.29, 1.82) is 0 Å². The minimum absolute atomic E-state index is 0.122. The molecule has 0 radical (unpaired) electrons. The highest BCUT2D eigenvalue weighted by Crippen LogP contribution is 2.23. The van der Waals surface area contributed by atoms with Gasteiger partial charge in [-0.25, -0.2) is 9.67 Å². The molecular formula is C14H18ClN3O. The normalized spacial score (nSPS) is 14.6. The second kappa shape index (κ2) is 6.17. The van der Waals surface area contributed by atoms with E-state index in [9.17, 15) is 5.11 Å². The molecule has 102 valence electrons. The molecule has 1 aromatic heterocycles. The van der Waals surface area contributed by atoms with Crippen molar-refractivity contribution in [1.82, 2.24) is 14.8 Å². The van der Waals surface area contributed by atoms with E-state index < -0.39 is 6.10 Å². The Labute approximate surface area is 118 Å². The lowest BCUT2D eigenvalue weighted by Crippen LogP contribution is -2.30. The summed E-state index contributed by atoms with van der Waals surface area (Å²) in [4.78, 5) is 3.96.